The summed E-state index contributed by atoms with van der Waals surface area (Å²) >= 11 is 0. The van der Waals surface area contributed by atoms with Gasteiger partial charge < -0.3 is 0 Å². The molecule has 0 heterocycles. The Morgan fingerprint density at radius 1 is 1.39 bits per heavy atom. The number of benzene rings is 1. The number of hydrogen-bond acceptors (Lipinski definition) is 4. The van der Waals surface area contributed by atoms with Crippen LogP contribution in [0.15, 0.2) is 18.2 Å². The first-order valence-electron chi connectivity index (χ1n) is 5.55. The van der Waals surface area contributed by atoms with Gasteiger partial charge in [-0.2, -0.15) is 0 Å². The fourth-order valence-electron chi connectivity index (χ4n) is 1.63. The Labute approximate surface area is 105 Å². The Morgan fingerprint density at radius 3 is 2.56 bits per heavy atom. The molecule has 0 aliphatic carbocycles. The van der Waals surface area contributed by atoms with Crippen LogP contribution >= 0.6 is 0 Å². The topological polar surface area (TPSA) is 77.3 Å². The van der Waals surface area contributed by atoms with Crippen molar-refractivity contribution in [2.75, 3.05) is 0 Å². The molecular formula is C13H14NO4. The van der Waals surface area contributed by atoms with Gasteiger partial charge in [-0.15, -0.1) is 0 Å². The van der Waals surface area contributed by atoms with Crippen LogP contribution in [0.25, 0.3) is 0 Å². The molecule has 95 valence electrons. The van der Waals surface area contributed by atoms with E-state index in [2.05, 4.69) is 6.92 Å². The Balaban J connectivity index is 3.14. The second kappa shape index (κ2) is 6.05. The normalized spacial score (nSPS) is 10.1. The minimum absolute atomic E-state index is 0.000116. The van der Waals surface area contributed by atoms with E-state index >= 15 is 0 Å². The van der Waals surface area contributed by atoms with Crippen LogP contribution < -0.4 is 0 Å². The highest BCUT2D eigenvalue weighted by molar-refractivity contribution is 5.97. The molecule has 0 atom stereocenters. The highest BCUT2D eigenvalue weighted by atomic mass is 16.6. The monoisotopic (exact) mass is 248 g/mol. The van der Waals surface area contributed by atoms with Crippen molar-refractivity contribution in [2.45, 2.75) is 26.2 Å². The van der Waals surface area contributed by atoms with Crippen molar-refractivity contribution in [1.29, 1.82) is 0 Å². The SMILES string of the molecule is [CH2]CCC(=O)c1ccc(CC(C)=O)c([N+](=O)[O-])c1. The molecule has 0 saturated heterocycles. The zero-order chi connectivity index (χ0) is 13.7. The molecule has 5 nitrogen and oxygen atoms in total. The van der Waals surface area contributed by atoms with Crippen LogP contribution in [0.4, 0.5) is 5.69 Å². The summed E-state index contributed by atoms with van der Waals surface area (Å²) in [5.41, 5.74) is 0.441. The first kappa shape index (κ1) is 14.0. The van der Waals surface area contributed by atoms with E-state index in [4.69, 9.17) is 0 Å². The van der Waals surface area contributed by atoms with Gasteiger partial charge in [0.1, 0.15) is 5.78 Å². The largest absolute Gasteiger partial charge is 0.300 e. The van der Waals surface area contributed by atoms with Gasteiger partial charge >= 0.3 is 0 Å². The average molecular weight is 248 g/mol. The van der Waals surface area contributed by atoms with Gasteiger partial charge in [-0.25, -0.2) is 0 Å². The minimum Gasteiger partial charge on any atom is -0.300 e. The number of hydrogen-bond donors (Lipinski definition) is 0. The third-order valence-electron chi connectivity index (χ3n) is 2.45. The van der Waals surface area contributed by atoms with Gasteiger partial charge in [0, 0.05) is 30.0 Å². The Hall–Kier alpha value is -2.04. The lowest BCUT2D eigenvalue weighted by atomic mass is 10.0. The van der Waals surface area contributed by atoms with Crippen LogP contribution in [0, 0.1) is 17.0 Å². The van der Waals surface area contributed by atoms with E-state index in [9.17, 15) is 19.7 Å². The number of rotatable bonds is 6. The first-order chi connectivity index (χ1) is 8.45. The van der Waals surface area contributed by atoms with Gasteiger partial charge in [0.05, 0.1) is 4.92 Å². The molecule has 0 spiro atoms. The molecule has 18 heavy (non-hydrogen) atoms. The number of nitro groups is 1. The molecule has 0 N–H and O–H groups in total. The lowest BCUT2D eigenvalue weighted by Crippen LogP contribution is -2.05. The van der Waals surface area contributed by atoms with Crippen molar-refractivity contribution in [3.63, 3.8) is 0 Å². The minimum atomic E-state index is -0.570. The lowest BCUT2D eigenvalue weighted by molar-refractivity contribution is -0.385. The predicted molar refractivity (Wildman–Crippen MR) is 66.4 cm³/mol. The van der Waals surface area contributed by atoms with Crippen LogP contribution in [-0.4, -0.2) is 16.5 Å². The van der Waals surface area contributed by atoms with Crippen molar-refractivity contribution in [1.82, 2.24) is 0 Å². The first-order valence-corrected chi connectivity index (χ1v) is 5.55. The molecule has 0 saturated carbocycles. The van der Waals surface area contributed by atoms with Gasteiger partial charge in [0.15, 0.2) is 5.78 Å². The molecule has 1 aromatic carbocycles. The second-order valence-electron chi connectivity index (χ2n) is 4.01. The Bertz CT molecular complexity index is 494. The Morgan fingerprint density at radius 2 is 2.06 bits per heavy atom. The van der Waals surface area contributed by atoms with Crippen LogP contribution in [0.1, 0.15) is 35.7 Å². The number of nitrogens with zero attached hydrogens (tertiary/aromatic N) is 1. The zero-order valence-corrected chi connectivity index (χ0v) is 10.1. The lowest BCUT2D eigenvalue weighted by Gasteiger charge is -2.04. The summed E-state index contributed by atoms with van der Waals surface area (Å²) in [6, 6.07) is 4.22. The average Bonchev–Trinajstić information content (AvgIpc) is 2.28. The maximum absolute atomic E-state index is 11.6. The van der Waals surface area contributed by atoms with E-state index in [1.54, 1.807) is 0 Å². The third-order valence-corrected chi connectivity index (χ3v) is 2.45. The molecular weight excluding hydrogens is 234 g/mol. The summed E-state index contributed by atoms with van der Waals surface area (Å²) in [6.07, 6.45) is 0.700. The third kappa shape index (κ3) is 3.48. The molecule has 0 bridgehead atoms. The summed E-state index contributed by atoms with van der Waals surface area (Å²) in [7, 11) is 0. The van der Waals surface area contributed by atoms with E-state index in [1.165, 1.54) is 25.1 Å². The highest BCUT2D eigenvalue weighted by Crippen LogP contribution is 2.22. The van der Waals surface area contributed by atoms with Crippen LogP contribution in [0.2, 0.25) is 0 Å². The summed E-state index contributed by atoms with van der Waals surface area (Å²) in [5, 5.41) is 10.9. The van der Waals surface area contributed by atoms with Crippen LogP contribution in [-0.2, 0) is 11.2 Å². The summed E-state index contributed by atoms with van der Waals surface area (Å²) in [4.78, 5) is 33.0. The summed E-state index contributed by atoms with van der Waals surface area (Å²) in [6.45, 7) is 4.93. The van der Waals surface area contributed by atoms with E-state index in [1.807, 2.05) is 0 Å². The van der Waals surface area contributed by atoms with Crippen molar-refractivity contribution < 1.29 is 14.5 Å². The number of carbonyl (C=O) groups excluding carboxylic acids is 2. The van der Waals surface area contributed by atoms with Crippen molar-refractivity contribution in [2.24, 2.45) is 0 Å². The zero-order valence-electron chi connectivity index (χ0n) is 10.1. The molecule has 0 unspecified atom stereocenters. The van der Waals surface area contributed by atoms with E-state index in [0.717, 1.165) is 0 Å². The molecule has 0 amide bonds. The van der Waals surface area contributed by atoms with E-state index in [-0.39, 0.29) is 35.7 Å². The van der Waals surface area contributed by atoms with Crippen molar-refractivity contribution in [3.05, 3.63) is 46.4 Å². The standard InChI is InChI=1S/C13H14NO4/c1-3-4-13(16)11-6-5-10(7-9(2)15)12(8-11)14(17)18/h5-6,8H,1,3-4,7H2,2H3. The van der Waals surface area contributed by atoms with Crippen LogP contribution in [0.5, 0.6) is 0 Å². The van der Waals surface area contributed by atoms with E-state index in [0.29, 0.717) is 12.0 Å². The number of Topliss-reactive ketones (excluding diaryl/α,β-unsaturated/α-hetero) is 2. The van der Waals surface area contributed by atoms with Gasteiger partial charge in [-0.1, -0.05) is 19.1 Å². The molecule has 1 radical (unpaired) electrons. The van der Waals surface area contributed by atoms with Gasteiger partial charge in [-0.3, -0.25) is 19.7 Å². The van der Waals surface area contributed by atoms with Crippen molar-refractivity contribution in [3.8, 4) is 0 Å². The van der Waals surface area contributed by atoms with Gasteiger partial charge in [0.25, 0.3) is 5.69 Å². The predicted octanol–water partition coefficient (Wildman–Crippen LogP) is 2.52. The maximum atomic E-state index is 11.6. The molecule has 5 heteroatoms. The maximum Gasteiger partial charge on any atom is 0.273 e. The van der Waals surface area contributed by atoms with Crippen LogP contribution in [0.3, 0.4) is 0 Å². The summed E-state index contributed by atoms with van der Waals surface area (Å²) < 4.78 is 0. The molecule has 0 aromatic heterocycles. The molecule has 1 rings (SSSR count). The van der Waals surface area contributed by atoms with Gasteiger partial charge in [-0.05, 0) is 13.3 Å². The van der Waals surface area contributed by atoms with E-state index < -0.39 is 4.92 Å². The molecule has 0 fully saturated rings. The summed E-state index contributed by atoms with van der Waals surface area (Å²) in [5.74, 6) is -0.336. The second-order valence-corrected chi connectivity index (χ2v) is 4.01. The van der Waals surface area contributed by atoms with Crippen molar-refractivity contribution >= 4 is 17.3 Å². The van der Waals surface area contributed by atoms with Gasteiger partial charge in [0.2, 0.25) is 0 Å². The number of carbonyl (C=O) groups is 2. The smallest absolute Gasteiger partial charge is 0.273 e. The highest BCUT2D eigenvalue weighted by Gasteiger charge is 2.17. The number of ketones is 2. The fraction of sp³-hybridized carbons (Fsp3) is 0.308. The molecule has 0 aliphatic heterocycles. The number of nitro benzene ring substituents is 1. The quantitative estimate of drug-likeness (QED) is 0.440. The fourth-order valence-corrected chi connectivity index (χ4v) is 1.63. The Kier molecular flexibility index (Phi) is 4.71. The molecule has 1 aromatic rings. The molecule has 0 aliphatic rings.